The fraction of sp³-hybridized carbons (Fsp3) is 0.104. The van der Waals surface area contributed by atoms with Crippen LogP contribution < -0.4 is 19.6 Å². The fourth-order valence-corrected chi connectivity index (χ4v) is 18.6. The van der Waals surface area contributed by atoms with E-state index in [1.54, 1.807) is 24.3 Å². The summed E-state index contributed by atoms with van der Waals surface area (Å²) in [4.78, 5) is 22.7. The Balaban J connectivity index is 0.000000137. The molecular formula is C134H104N12O4. The van der Waals surface area contributed by atoms with Crippen molar-refractivity contribution in [2.45, 2.75) is 77.8 Å². The van der Waals surface area contributed by atoms with Crippen LogP contribution in [0.3, 0.4) is 0 Å². The first-order valence-corrected chi connectivity index (χ1v) is 49.7. The highest BCUT2D eigenvalue weighted by atomic mass is 16.5. The molecule has 16 aromatic carbocycles. The molecule has 0 aliphatic carbocycles. The summed E-state index contributed by atoms with van der Waals surface area (Å²) in [6, 6.07) is 142. The van der Waals surface area contributed by atoms with E-state index in [2.05, 4.69) is 344 Å². The molecule has 0 amide bonds. The summed E-state index contributed by atoms with van der Waals surface area (Å²) >= 11 is 0. The largest absolute Gasteiger partial charge is 0.490 e. The average Bonchev–Trinajstić information content (AvgIpc) is 0.760. The summed E-state index contributed by atoms with van der Waals surface area (Å²) in [5.41, 5.74) is 20.4. The second-order valence-corrected chi connectivity index (χ2v) is 35.9. The molecule has 4 aliphatic heterocycles. The lowest BCUT2D eigenvalue weighted by atomic mass is 9.97. The molecule has 0 spiro atoms. The molecule has 0 radical (unpaired) electrons. The number of hydrogen-bond donors (Lipinski definition) is 0. The molecule has 4 unspecified atom stereocenters. The van der Waals surface area contributed by atoms with Gasteiger partial charge in [0.25, 0.3) is 22.8 Å². The number of allylic oxidation sites excluding steroid dienone is 12. The third kappa shape index (κ3) is 25.3. The molecule has 0 fully saturated rings. The van der Waals surface area contributed by atoms with E-state index in [1.165, 1.54) is 48.8 Å². The Labute approximate surface area is 877 Å². The standard InChI is InChI=1S/2C37H27N3O.C34H25N3O.C26H25N3O/c1-26-21-32(37(25-38)39-2)24-36(41-26)20-13-27-11-16-33(17-12-27)40(34-18-14-28-7-3-5-9-30(28)22-34)35-19-15-29-8-4-6-10-31(29)23-35;1-26-22-31(36(25-38)39-2)24-34(41-26)21-16-27-14-18-32(19-15-27)40(33-20-17-28-8-3-4-10-30(28)23-33)37-13-7-11-29-9-5-6-12-35(29)37;1-36-33(25-35)28-23-32(38-34(24-28)27-11-5-2-6-12-27)22-19-26-17-20-31(21-18-26)37(29-13-7-3-8-14-29)30-15-9-4-10-16-30;1-4-29(5-2)23-14-11-20(12-15-23)13-16-24-17-22(25(19-27)28-3)18-26(30-24)21-9-7-6-8-10-21/h3-20,22-24,26H,21H2,1H3;3-21,23-24,26H,22H2,1H3;2-23,34H,24H2;6-17,26H,4-5,18H2,1-2H3/b20-13+,37-32-;21-16+,36-31-;22-19+,33-28+;16-13+,25-22+. The average molecular weight is 1950 g/mol. The molecule has 150 heavy (non-hydrogen) atoms. The van der Waals surface area contributed by atoms with Crippen LogP contribution >= 0.6 is 0 Å². The topological polar surface area (TPSA) is 162 Å². The Kier molecular flexibility index (Phi) is 33.5. The van der Waals surface area contributed by atoms with Gasteiger partial charge in [0.05, 0.1) is 68.5 Å². The minimum atomic E-state index is -0.256. The van der Waals surface area contributed by atoms with Gasteiger partial charge in [-0.25, -0.2) is 40.4 Å². The maximum Gasteiger partial charge on any atom is 0.265 e. The number of fused-ring (bicyclic) bond motifs is 4. The first kappa shape index (κ1) is 101. The Morgan fingerprint density at radius 2 is 0.540 bits per heavy atom. The Hall–Kier alpha value is -20.2. The van der Waals surface area contributed by atoms with Gasteiger partial charge >= 0.3 is 0 Å². The van der Waals surface area contributed by atoms with E-state index in [4.69, 9.17) is 45.2 Å². The van der Waals surface area contributed by atoms with E-state index < -0.39 is 0 Å². The molecule has 0 bridgehead atoms. The molecule has 16 aromatic rings. The Bertz CT molecular complexity index is 8210. The van der Waals surface area contributed by atoms with E-state index in [1.807, 2.05) is 184 Å². The van der Waals surface area contributed by atoms with E-state index >= 15 is 0 Å². The highest BCUT2D eigenvalue weighted by Crippen LogP contribution is 2.45. The van der Waals surface area contributed by atoms with Gasteiger partial charge < -0.3 is 38.5 Å². The van der Waals surface area contributed by atoms with Crippen LogP contribution in [0.25, 0.3) is 86.8 Å². The molecule has 20 rings (SSSR count). The third-order valence-corrected chi connectivity index (χ3v) is 26.0. The number of nitrogens with zero attached hydrogens (tertiary/aromatic N) is 12. The predicted molar refractivity (Wildman–Crippen MR) is 609 cm³/mol. The van der Waals surface area contributed by atoms with Crippen molar-refractivity contribution in [3.05, 3.63) is 584 Å². The van der Waals surface area contributed by atoms with Crippen LogP contribution in [0.5, 0.6) is 0 Å². The number of nitriles is 4. The second kappa shape index (κ2) is 49.6. The summed E-state index contributed by atoms with van der Waals surface area (Å²) in [5, 5.41) is 46.9. The number of benzene rings is 16. The number of rotatable bonds is 22. The van der Waals surface area contributed by atoms with Gasteiger partial charge in [0, 0.05) is 95.3 Å². The van der Waals surface area contributed by atoms with Crippen molar-refractivity contribution in [2.75, 3.05) is 32.7 Å². The van der Waals surface area contributed by atoms with Crippen LogP contribution in [0.2, 0.25) is 0 Å². The summed E-state index contributed by atoms with van der Waals surface area (Å²) in [5.74, 6) is 2.56. The highest BCUT2D eigenvalue weighted by molar-refractivity contribution is 6.01. The first-order chi connectivity index (χ1) is 73.7. The van der Waals surface area contributed by atoms with E-state index in [0.717, 1.165) is 109 Å². The number of ether oxygens (including phenoxy) is 4. The van der Waals surface area contributed by atoms with Crippen molar-refractivity contribution in [3.63, 3.8) is 0 Å². The first-order valence-electron chi connectivity index (χ1n) is 49.7. The predicted octanol–water partition coefficient (Wildman–Crippen LogP) is 34.9. The molecular weight excluding hydrogens is 1840 g/mol. The molecule has 0 N–H and O–H groups in total. The number of anilines is 10. The van der Waals surface area contributed by atoms with Gasteiger partial charge in [-0.05, 0) is 285 Å². The SMILES string of the molecule is [C-]#[N+]/C(C#N)=C1C=C(/C=C/c2ccc(N(CC)CC)cc2)OC(c2ccccc2)C\1.[C-]#[N+]/C(C#N)=C1C=C(/C=C/c2ccc(N(c3ccc4ccccc4c3)c3ccc4ccccc4c3)cc2)OC(C)C\1.[C-]#[N+]/C(C#N)=C1C=C(/C=C/c2ccc(N(c3ccc4ccccc4c3)c3cccc4ccccc34)cc2)OC(C)C\1.[C-]#[N+]/C(C#N)=C1C=C(/C=C/c2ccc(N(c3ccccc3)c3ccccc3)cc2)OC(c2ccccc2)C\1. The van der Waals surface area contributed by atoms with Crippen molar-refractivity contribution < 1.29 is 18.9 Å². The van der Waals surface area contributed by atoms with Crippen LogP contribution in [0.1, 0.15) is 99.0 Å². The van der Waals surface area contributed by atoms with Gasteiger partial charge in [-0.2, -0.15) is 0 Å². The quantitative estimate of drug-likeness (QED) is 0.0467. The second-order valence-electron chi connectivity index (χ2n) is 35.9. The maximum atomic E-state index is 9.45. The molecule has 4 aliphatic rings. The van der Waals surface area contributed by atoms with Crippen molar-refractivity contribution in [1.82, 2.24) is 0 Å². The van der Waals surface area contributed by atoms with Gasteiger partial charge in [-0.3, -0.25) is 0 Å². The minimum Gasteiger partial charge on any atom is -0.490 e. The fourth-order valence-electron chi connectivity index (χ4n) is 18.6. The van der Waals surface area contributed by atoms with E-state index in [0.29, 0.717) is 59.9 Å². The molecule has 0 saturated heterocycles. The Morgan fingerprint density at radius 1 is 0.273 bits per heavy atom. The van der Waals surface area contributed by atoms with Crippen molar-refractivity contribution in [3.8, 4) is 24.3 Å². The summed E-state index contributed by atoms with van der Waals surface area (Å²) < 4.78 is 24.3. The van der Waals surface area contributed by atoms with Crippen molar-refractivity contribution in [1.29, 1.82) is 21.0 Å². The Morgan fingerprint density at radius 3 is 0.880 bits per heavy atom. The zero-order chi connectivity index (χ0) is 104. The van der Waals surface area contributed by atoms with Gasteiger partial charge in [0.2, 0.25) is 0 Å². The molecule has 16 nitrogen and oxygen atoms in total. The summed E-state index contributed by atoms with van der Waals surface area (Å²) in [6.45, 7) is 39.4. The smallest absolute Gasteiger partial charge is 0.265 e. The molecule has 4 heterocycles. The van der Waals surface area contributed by atoms with Gasteiger partial charge in [0.15, 0.2) is 0 Å². The lowest BCUT2D eigenvalue weighted by Gasteiger charge is -2.27. The lowest BCUT2D eigenvalue weighted by Crippen LogP contribution is -2.21. The zero-order valence-electron chi connectivity index (χ0n) is 83.4. The van der Waals surface area contributed by atoms with Gasteiger partial charge in [-0.15, -0.1) is 0 Å². The van der Waals surface area contributed by atoms with Crippen LogP contribution in [0.4, 0.5) is 56.9 Å². The van der Waals surface area contributed by atoms with Crippen LogP contribution in [-0.4, -0.2) is 25.3 Å². The normalized spacial score (nSPS) is 16.3. The molecule has 0 saturated carbocycles. The zero-order valence-corrected chi connectivity index (χ0v) is 83.4. The molecule has 16 heteroatoms. The van der Waals surface area contributed by atoms with Crippen LogP contribution in [-0.2, 0) is 18.9 Å². The molecule has 724 valence electrons. The maximum absolute atomic E-state index is 9.45. The van der Waals surface area contributed by atoms with E-state index in [-0.39, 0.29) is 47.2 Å². The minimum absolute atomic E-state index is 0.0976. The lowest BCUT2D eigenvalue weighted by molar-refractivity contribution is 0.118. The third-order valence-electron chi connectivity index (χ3n) is 26.0. The van der Waals surface area contributed by atoms with Gasteiger partial charge in [-0.1, -0.05) is 297 Å². The van der Waals surface area contributed by atoms with Gasteiger partial charge in [0.1, 0.15) is 35.2 Å². The van der Waals surface area contributed by atoms with Crippen LogP contribution in [0.15, 0.2) is 505 Å². The van der Waals surface area contributed by atoms with Crippen molar-refractivity contribution in [2.24, 2.45) is 0 Å². The van der Waals surface area contributed by atoms with E-state index in [9.17, 15) is 21.0 Å². The number of para-hydroxylation sites is 2. The molecule has 4 atom stereocenters. The van der Waals surface area contributed by atoms with Crippen LogP contribution in [0, 0.1) is 71.6 Å². The monoisotopic (exact) mass is 1940 g/mol. The molecule has 0 aromatic heterocycles. The van der Waals surface area contributed by atoms with Crippen molar-refractivity contribution >= 4 is 124 Å². The number of hydrogen-bond acceptors (Lipinski definition) is 12. The highest BCUT2D eigenvalue weighted by Gasteiger charge is 2.28. The summed E-state index contributed by atoms with van der Waals surface area (Å²) in [6.07, 6.45) is 24.2. The summed E-state index contributed by atoms with van der Waals surface area (Å²) in [7, 11) is 0.